The van der Waals surface area contributed by atoms with Crippen LogP contribution in [-0.4, -0.2) is 28.0 Å². The van der Waals surface area contributed by atoms with E-state index in [0.717, 1.165) is 11.5 Å². The van der Waals surface area contributed by atoms with Gasteiger partial charge in [0.15, 0.2) is 0 Å². The van der Waals surface area contributed by atoms with Crippen molar-refractivity contribution in [3.8, 4) is 0 Å². The summed E-state index contributed by atoms with van der Waals surface area (Å²) < 4.78 is 1.56. The maximum atomic E-state index is 12.2. The molecule has 1 amide bonds. The van der Waals surface area contributed by atoms with Gasteiger partial charge in [-0.15, -0.1) is 0 Å². The van der Waals surface area contributed by atoms with E-state index in [4.69, 9.17) is 0 Å². The van der Waals surface area contributed by atoms with Crippen LogP contribution in [0.4, 0.5) is 0 Å². The summed E-state index contributed by atoms with van der Waals surface area (Å²) in [5, 5.41) is 7.56. The SMILES string of the molecule is Cc1ccc(CSCCNC(=O)Cn2ncc(=O)c3ccccc32)cc1. The summed E-state index contributed by atoms with van der Waals surface area (Å²) in [4.78, 5) is 24.0. The number of hydrogen-bond acceptors (Lipinski definition) is 4. The first kappa shape index (κ1) is 18.2. The Labute approximate surface area is 156 Å². The lowest BCUT2D eigenvalue weighted by Crippen LogP contribution is -2.30. The molecule has 1 aromatic heterocycles. The molecule has 0 saturated carbocycles. The largest absolute Gasteiger partial charge is 0.354 e. The minimum absolute atomic E-state index is 0.101. The molecule has 3 aromatic rings. The van der Waals surface area contributed by atoms with Gasteiger partial charge in [-0.05, 0) is 24.6 Å². The molecule has 0 atom stereocenters. The molecule has 3 rings (SSSR count). The monoisotopic (exact) mass is 367 g/mol. The second kappa shape index (κ2) is 8.67. The average Bonchev–Trinajstić information content (AvgIpc) is 2.65. The number of fused-ring (bicyclic) bond motifs is 1. The van der Waals surface area contributed by atoms with Crippen molar-refractivity contribution >= 4 is 28.6 Å². The molecular formula is C20H21N3O2S. The van der Waals surface area contributed by atoms with Crippen molar-refractivity contribution in [2.45, 2.75) is 19.2 Å². The van der Waals surface area contributed by atoms with Gasteiger partial charge in [-0.1, -0.05) is 42.0 Å². The second-order valence-electron chi connectivity index (χ2n) is 6.07. The normalized spacial score (nSPS) is 10.8. The third-order valence-electron chi connectivity index (χ3n) is 4.01. The van der Waals surface area contributed by atoms with Crippen molar-refractivity contribution < 1.29 is 4.79 Å². The molecular weight excluding hydrogens is 346 g/mol. The maximum absolute atomic E-state index is 12.2. The number of aromatic nitrogens is 2. The summed E-state index contributed by atoms with van der Waals surface area (Å²) in [6.45, 7) is 2.78. The Morgan fingerprint density at radius 1 is 1.15 bits per heavy atom. The second-order valence-corrected chi connectivity index (χ2v) is 7.18. The van der Waals surface area contributed by atoms with E-state index in [1.807, 2.05) is 6.07 Å². The van der Waals surface area contributed by atoms with Gasteiger partial charge in [0.25, 0.3) is 0 Å². The summed E-state index contributed by atoms with van der Waals surface area (Å²) >= 11 is 1.79. The Bertz CT molecular complexity index is 951. The molecule has 0 fully saturated rings. The van der Waals surface area contributed by atoms with Crippen LogP contribution in [0, 0.1) is 6.92 Å². The fourth-order valence-electron chi connectivity index (χ4n) is 2.62. The van der Waals surface area contributed by atoms with Crippen molar-refractivity contribution in [2.24, 2.45) is 0 Å². The van der Waals surface area contributed by atoms with E-state index in [-0.39, 0.29) is 17.9 Å². The Morgan fingerprint density at radius 3 is 2.73 bits per heavy atom. The Balaban J connectivity index is 1.47. The zero-order valence-electron chi connectivity index (χ0n) is 14.6. The number of hydrogen-bond donors (Lipinski definition) is 1. The number of nitrogens with one attached hydrogen (secondary N) is 1. The van der Waals surface area contributed by atoms with Crippen molar-refractivity contribution in [1.82, 2.24) is 15.1 Å². The molecule has 0 bridgehead atoms. The first-order valence-electron chi connectivity index (χ1n) is 8.48. The van der Waals surface area contributed by atoms with Crippen LogP contribution in [0.15, 0.2) is 59.5 Å². The van der Waals surface area contributed by atoms with Crippen LogP contribution in [0.1, 0.15) is 11.1 Å². The van der Waals surface area contributed by atoms with Gasteiger partial charge < -0.3 is 5.32 Å². The number of benzene rings is 2. The highest BCUT2D eigenvalue weighted by atomic mass is 32.2. The molecule has 0 saturated heterocycles. The lowest BCUT2D eigenvalue weighted by molar-refractivity contribution is -0.121. The van der Waals surface area contributed by atoms with Crippen molar-refractivity contribution in [1.29, 1.82) is 0 Å². The third-order valence-corrected chi connectivity index (χ3v) is 5.04. The molecule has 0 aliphatic heterocycles. The molecule has 5 nitrogen and oxygen atoms in total. The predicted molar refractivity (Wildman–Crippen MR) is 106 cm³/mol. The molecule has 0 radical (unpaired) electrons. The van der Waals surface area contributed by atoms with E-state index in [0.29, 0.717) is 17.4 Å². The van der Waals surface area contributed by atoms with E-state index in [2.05, 4.69) is 41.6 Å². The van der Waals surface area contributed by atoms with Gasteiger partial charge in [-0.3, -0.25) is 14.3 Å². The average molecular weight is 367 g/mol. The highest BCUT2D eigenvalue weighted by Gasteiger charge is 2.07. The van der Waals surface area contributed by atoms with Crippen LogP contribution >= 0.6 is 11.8 Å². The fraction of sp³-hybridized carbons (Fsp3) is 0.250. The van der Waals surface area contributed by atoms with Gasteiger partial charge >= 0.3 is 0 Å². The topological polar surface area (TPSA) is 64.0 Å². The van der Waals surface area contributed by atoms with Crippen molar-refractivity contribution in [3.63, 3.8) is 0 Å². The van der Waals surface area contributed by atoms with Crippen LogP contribution in [0.25, 0.3) is 10.9 Å². The quantitative estimate of drug-likeness (QED) is 0.652. The highest BCUT2D eigenvalue weighted by Crippen LogP contribution is 2.12. The van der Waals surface area contributed by atoms with Gasteiger partial charge in [-0.25, -0.2) is 0 Å². The number of para-hydroxylation sites is 1. The van der Waals surface area contributed by atoms with E-state index in [9.17, 15) is 9.59 Å². The summed E-state index contributed by atoms with van der Waals surface area (Å²) in [5.74, 6) is 1.67. The molecule has 0 spiro atoms. The number of nitrogens with zero attached hydrogens (tertiary/aromatic N) is 2. The molecule has 2 aromatic carbocycles. The Kier molecular flexibility index (Phi) is 6.07. The number of carbonyl (C=O) groups is 1. The molecule has 134 valence electrons. The number of amides is 1. The summed E-state index contributed by atoms with van der Waals surface area (Å²) in [6.07, 6.45) is 1.26. The van der Waals surface area contributed by atoms with E-state index in [1.54, 1.807) is 34.6 Å². The lowest BCUT2D eigenvalue weighted by atomic mass is 10.2. The molecule has 0 aliphatic carbocycles. The number of carbonyl (C=O) groups excluding carboxylic acids is 1. The summed E-state index contributed by atoms with van der Waals surface area (Å²) in [5.41, 5.74) is 3.08. The lowest BCUT2D eigenvalue weighted by Gasteiger charge is -2.09. The van der Waals surface area contributed by atoms with Crippen LogP contribution in [-0.2, 0) is 17.1 Å². The Morgan fingerprint density at radius 2 is 1.92 bits per heavy atom. The van der Waals surface area contributed by atoms with E-state index in [1.165, 1.54) is 17.3 Å². The first-order chi connectivity index (χ1) is 12.6. The van der Waals surface area contributed by atoms with Gasteiger partial charge in [0.1, 0.15) is 6.54 Å². The standard InChI is InChI=1S/C20H21N3O2S/c1-15-6-8-16(9-7-15)14-26-11-10-21-20(25)13-23-18-5-3-2-4-17(18)19(24)12-22-23/h2-9,12H,10-11,13-14H2,1H3,(H,21,25). The molecule has 26 heavy (non-hydrogen) atoms. The van der Waals surface area contributed by atoms with Gasteiger partial charge in [0.05, 0.1) is 11.7 Å². The Hall–Kier alpha value is -2.60. The predicted octanol–water partition coefficient (Wildman–Crippen LogP) is 2.75. The fourth-order valence-corrected chi connectivity index (χ4v) is 3.43. The van der Waals surface area contributed by atoms with Gasteiger partial charge in [0, 0.05) is 23.4 Å². The number of rotatable bonds is 7. The summed E-state index contributed by atoms with van der Waals surface area (Å²) in [6, 6.07) is 15.7. The summed E-state index contributed by atoms with van der Waals surface area (Å²) in [7, 11) is 0. The zero-order chi connectivity index (χ0) is 18.4. The minimum Gasteiger partial charge on any atom is -0.354 e. The van der Waals surface area contributed by atoms with E-state index < -0.39 is 0 Å². The van der Waals surface area contributed by atoms with Crippen LogP contribution in [0.2, 0.25) is 0 Å². The van der Waals surface area contributed by atoms with Gasteiger partial charge in [0.2, 0.25) is 11.3 Å². The van der Waals surface area contributed by atoms with Crippen molar-refractivity contribution in [2.75, 3.05) is 12.3 Å². The van der Waals surface area contributed by atoms with Gasteiger partial charge in [-0.2, -0.15) is 16.9 Å². The molecule has 0 unspecified atom stereocenters. The first-order valence-corrected chi connectivity index (χ1v) is 9.64. The molecule has 6 heteroatoms. The maximum Gasteiger partial charge on any atom is 0.241 e. The van der Waals surface area contributed by atoms with Crippen LogP contribution < -0.4 is 10.7 Å². The van der Waals surface area contributed by atoms with E-state index >= 15 is 0 Å². The van der Waals surface area contributed by atoms with Crippen molar-refractivity contribution in [3.05, 3.63) is 76.1 Å². The van der Waals surface area contributed by atoms with Crippen LogP contribution in [0.5, 0.6) is 0 Å². The molecule has 0 aliphatic rings. The molecule has 1 heterocycles. The number of thioether (sulfide) groups is 1. The van der Waals surface area contributed by atoms with Crippen LogP contribution in [0.3, 0.4) is 0 Å². The highest BCUT2D eigenvalue weighted by molar-refractivity contribution is 7.98. The minimum atomic E-state index is -0.134. The number of aryl methyl sites for hydroxylation is 1. The smallest absolute Gasteiger partial charge is 0.241 e. The zero-order valence-corrected chi connectivity index (χ0v) is 15.5. The third kappa shape index (κ3) is 4.73. The molecule has 1 N–H and O–H groups in total.